The van der Waals surface area contributed by atoms with Crippen LogP contribution in [0.15, 0.2) is 27.3 Å². The smallest absolute Gasteiger partial charge is 0.183 e. The van der Waals surface area contributed by atoms with Gasteiger partial charge in [0.05, 0.1) is 15.5 Å². The van der Waals surface area contributed by atoms with Crippen molar-refractivity contribution in [2.24, 2.45) is 0 Å². The van der Waals surface area contributed by atoms with Gasteiger partial charge in [-0.1, -0.05) is 11.6 Å². The van der Waals surface area contributed by atoms with Gasteiger partial charge in [-0.15, -0.1) is 11.3 Å². The highest BCUT2D eigenvalue weighted by Gasteiger charge is 2.06. The Morgan fingerprint density at radius 3 is 2.53 bits per heavy atom. The fourth-order valence-corrected chi connectivity index (χ4v) is 3.33. The molecule has 2 N–H and O–H groups in total. The van der Waals surface area contributed by atoms with Crippen molar-refractivity contribution >= 4 is 60.5 Å². The molecule has 2 aromatic rings. The summed E-state index contributed by atoms with van der Waals surface area (Å²) in [5.74, 6) is 0.191. The third kappa shape index (κ3) is 3.34. The van der Waals surface area contributed by atoms with Gasteiger partial charge in [0.25, 0.3) is 0 Å². The highest BCUT2D eigenvalue weighted by atomic mass is 79.9. The highest BCUT2D eigenvalue weighted by molar-refractivity contribution is 9.11. The van der Waals surface area contributed by atoms with Gasteiger partial charge in [-0.3, -0.25) is 0 Å². The lowest BCUT2D eigenvalue weighted by Crippen LogP contribution is -1.97. The Balaban J connectivity index is 2.09. The van der Waals surface area contributed by atoms with Crippen LogP contribution in [0.2, 0.25) is 4.47 Å². The van der Waals surface area contributed by atoms with E-state index in [9.17, 15) is 5.11 Å². The number of hydrogen-bond donors (Lipinski definition) is 2. The van der Waals surface area contributed by atoms with Crippen LogP contribution in [0, 0.1) is 0 Å². The number of phenols is 1. The molecule has 3 nitrogen and oxygen atoms in total. The summed E-state index contributed by atoms with van der Waals surface area (Å²) in [7, 11) is 0. The molecule has 0 bridgehead atoms. The summed E-state index contributed by atoms with van der Waals surface area (Å²) in [6.07, 6.45) is 1.74. The Labute approximate surface area is 124 Å². The van der Waals surface area contributed by atoms with E-state index < -0.39 is 0 Å². The van der Waals surface area contributed by atoms with Crippen molar-refractivity contribution in [3.05, 3.63) is 36.6 Å². The average Bonchev–Trinajstić information content (AvgIpc) is 2.69. The highest BCUT2D eigenvalue weighted by Crippen LogP contribution is 2.35. The minimum absolute atomic E-state index is 0.191. The molecule has 1 aromatic carbocycles. The van der Waals surface area contributed by atoms with Crippen molar-refractivity contribution in [3.63, 3.8) is 0 Å². The first-order chi connectivity index (χ1) is 8.06. The molecule has 90 valence electrons. The molecule has 1 heterocycles. The summed E-state index contributed by atoms with van der Waals surface area (Å²) >= 11 is 13.7. The Morgan fingerprint density at radius 1 is 1.35 bits per heavy atom. The number of benzene rings is 1. The van der Waals surface area contributed by atoms with Gasteiger partial charge in [0.1, 0.15) is 5.75 Å². The topological polar surface area (TPSA) is 45.1 Å². The number of nitrogens with one attached hydrogen (secondary N) is 1. The second kappa shape index (κ2) is 5.56. The number of rotatable bonds is 3. The number of phenolic OH excluding ortho intramolecular Hbond substituents is 1. The van der Waals surface area contributed by atoms with Crippen LogP contribution in [0.3, 0.4) is 0 Å². The molecule has 7 heteroatoms. The van der Waals surface area contributed by atoms with Crippen LogP contribution in [0.25, 0.3) is 0 Å². The van der Waals surface area contributed by atoms with E-state index in [-0.39, 0.29) is 5.75 Å². The summed E-state index contributed by atoms with van der Waals surface area (Å²) in [5, 5.41) is 12.8. The normalized spacial score (nSPS) is 10.5. The molecular weight excluding hydrogens is 391 g/mol. The Hall–Kier alpha value is -0.300. The molecule has 0 atom stereocenters. The zero-order chi connectivity index (χ0) is 12.4. The molecule has 0 saturated heterocycles. The molecule has 1 aromatic heterocycles. The zero-order valence-electron chi connectivity index (χ0n) is 8.38. The van der Waals surface area contributed by atoms with Crippen LogP contribution in [-0.2, 0) is 6.54 Å². The first kappa shape index (κ1) is 13.1. The maximum absolute atomic E-state index is 9.57. The summed E-state index contributed by atoms with van der Waals surface area (Å²) in [5.41, 5.74) is 0.895. The van der Waals surface area contributed by atoms with Crippen molar-refractivity contribution in [2.45, 2.75) is 6.54 Å². The Kier molecular flexibility index (Phi) is 4.30. The van der Waals surface area contributed by atoms with E-state index in [1.165, 1.54) is 11.3 Å². The fraction of sp³-hybridized carbons (Fsp3) is 0.100. The number of hydrogen-bond acceptors (Lipinski definition) is 4. The minimum Gasteiger partial charge on any atom is -0.506 e. The van der Waals surface area contributed by atoms with Crippen LogP contribution in [0.5, 0.6) is 5.75 Å². The van der Waals surface area contributed by atoms with Crippen LogP contribution >= 0.6 is 54.8 Å². The van der Waals surface area contributed by atoms with Gasteiger partial charge in [-0.05, 0) is 44.0 Å². The number of thiazole rings is 1. The van der Waals surface area contributed by atoms with E-state index >= 15 is 0 Å². The number of anilines is 1. The van der Waals surface area contributed by atoms with E-state index in [1.54, 1.807) is 6.20 Å². The molecule has 0 spiro atoms. The molecule has 2 rings (SSSR count). The number of aromatic nitrogens is 1. The van der Waals surface area contributed by atoms with Crippen LogP contribution < -0.4 is 5.32 Å². The largest absolute Gasteiger partial charge is 0.506 e. The molecule has 17 heavy (non-hydrogen) atoms. The maximum Gasteiger partial charge on any atom is 0.183 e. The molecular formula is C10H7Br2ClN2OS. The van der Waals surface area contributed by atoms with Crippen molar-refractivity contribution in [3.8, 4) is 5.75 Å². The second-order valence-corrected chi connectivity index (χ2v) is 6.63. The maximum atomic E-state index is 9.57. The SMILES string of the molecule is Oc1c(Br)cc(NCc2cnc(Cl)s2)cc1Br. The predicted molar refractivity (Wildman–Crippen MR) is 78.0 cm³/mol. The lowest BCUT2D eigenvalue weighted by Gasteiger charge is -2.07. The quantitative estimate of drug-likeness (QED) is 0.741. The molecule has 0 unspecified atom stereocenters. The summed E-state index contributed by atoms with van der Waals surface area (Å²) in [4.78, 5) is 5.01. The number of halogens is 3. The minimum atomic E-state index is 0.191. The molecule has 0 aliphatic rings. The molecule has 0 amide bonds. The van der Waals surface area contributed by atoms with E-state index in [0.29, 0.717) is 20.0 Å². The lowest BCUT2D eigenvalue weighted by molar-refractivity contribution is 0.468. The number of nitrogens with zero attached hydrogens (tertiary/aromatic N) is 1. The first-order valence-corrected chi connectivity index (χ1v) is 7.36. The zero-order valence-corrected chi connectivity index (χ0v) is 13.1. The van der Waals surface area contributed by atoms with Crippen LogP contribution in [0.4, 0.5) is 5.69 Å². The standard InChI is InChI=1S/C10H7Br2ClN2OS/c11-7-1-5(2-8(12)9(7)16)14-3-6-4-15-10(13)17-6/h1-2,4,14,16H,3H2. The van der Waals surface area contributed by atoms with Crippen molar-refractivity contribution < 1.29 is 5.11 Å². The van der Waals surface area contributed by atoms with Gasteiger partial charge in [0, 0.05) is 16.8 Å². The lowest BCUT2D eigenvalue weighted by atomic mass is 10.3. The van der Waals surface area contributed by atoms with Gasteiger partial charge < -0.3 is 10.4 Å². The predicted octanol–water partition coefficient (Wildman–Crippen LogP) is 4.64. The van der Waals surface area contributed by atoms with E-state index in [1.807, 2.05) is 12.1 Å². The van der Waals surface area contributed by atoms with Gasteiger partial charge in [-0.2, -0.15) is 0 Å². The summed E-state index contributed by atoms with van der Waals surface area (Å²) in [6, 6.07) is 3.62. The number of aromatic hydroxyl groups is 1. The van der Waals surface area contributed by atoms with Crippen LogP contribution in [-0.4, -0.2) is 10.1 Å². The van der Waals surface area contributed by atoms with Crippen molar-refractivity contribution in [1.82, 2.24) is 4.98 Å². The second-order valence-electron chi connectivity index (χ2n) is 3.22. The van der Waals surface area contributed by atoms with E-state index in [4.69, 9.17) is 11.6 Å². The van der Waals surface area contributed by atoms with Gasteiger partial charge in [-0.25, -0.2) is 4.98 Å². The first-order valence-electron chi connectivity index (χ1n) is 4.58. The Bertz CT molecular complexity index is 524. The van der Waals surface area contributed by atoms with Crippen molar-refractivity contribution in [1.29, 1.82) is 0 Å². The molecule has 0 aliphatic heterocycles. The van der Waals surface area contributed by atoms with E-state index in [2.05, 4.69) is 42.2 Å². The monoisotopic (exact) mass is 396 g/mol. The third-order valence-corrected chi connectivity index (χ3v) is 4.33. The van der Waals surface area contributed by atoms with Crippen LogP contribution in [0.1, 0.15) is 4.88 Å². The fourth-order valence-electron chi connectivity index (χ4n) is 1.22. The van der Waals surface area contributed by atoms with Gasteiger partial charge >= 0.3 is 0 Å². The van der Waals surface area contributed by atoms with Gasteiger partial charge in [0.2, 0.25) is 0 Å². The molecule has 0 fully saturated rings. The van der Waals surface area contributed by atoms with Gasteiger partial charge in [0.15, 0.2) is 4.47 Å². The molecule has 0 aliphatic carbocycles. The summed E-state index contributed by atoms with van der Waals surface area (Å²) < 4.78 is 1.81. The molecule has 0 saturated carbocycles. The molecule has 0 radical (unpaired) electrons. The Morgan fingerprint density at radius 2 is 2.00 bits per heavy atom. The third-order valence-electron chi connectivity index (χ3n) is 2.01. The average molecular weight is 399 g/mol. The van der Waals surface area contributed by atoms with Crippen molar-refractivity contribution in [2.75, 3.05) is 5.32 Å². The van der Waals surface area contributed by atoms with E-state index in [0.717, 1.165) is 10.6 Å². The summed E-state index contributed by atoms with van der Waals surface area (Å²) in [6.45, 7) is 0.647.